The van der Waals surface area contributed by atoms with Gasteiger partial charge in [0.1, 0.15) is 0 Å². The first-order valence-corrected chi connectivity index (χ1v) is 1.73. The van der Waals surface area contributed by atoms with Crippen LogP contribution in [-0.2, 0) is 4.57 Å². The molecule has 0 spiro atoms. The maximum atomic E-state index is 8.51. The van der Waals surface area contributed by atoms with Crippen LogP contribution in [0.25, 0.3) is 0 Å². The number of hydrogen-bond donors (Lipinski definition) is 2. The normalized spacial score (nSPS) is 5.40. The van der Waals surface area contributed by atoms with Crippen LogP contribution >= 0.6 is 8.69 Å². The molecular formula is CH6O3P+. The molecule has 3 nitrogen and oxygen atoms in total. The van der Waals surface area contributed by atoms with E-state index in [1.165, 1.54) is 0 Å². The average Bonchev–Trinajstić information content (AvgIpc) is 1.46. The van der Waals surface area contributed by atoms with E-state index < -0.39 is 8.69 Å². The van der Waals surface area contributed by atoms with Crippen molar-refractivity contribution in [1.82, 2.24) is 0 Å². The molecule has 0 aliphatic carbocycles. The molecule has 5 heavy (non-hydrogen) atoms. The van der Waals surface area contributed by atoms with Gasteiger partial charge in [-0.05, 0) is 4.57 Å². The average molecular weight is 97.0 g/mol. The topological polar surface area (TPSA) is 57.5 Å². The molecule has 0 heterocycles. The van der Waals surface area contributed by atoms with Crippen LogP contribution in [0.3, 0.4) is 0 Å². The number of aliphatic hydroxyl groups excluding tert-OH is 1. The molecule has 0 fully saturated rings. The number of hydrogen-bond acceptors (Lipinski definition) is 2. The molecule has 0 saturated carbocycles. The highest BCUT2D eigenvalue weighted by Crippen LogP contribution is 1.66. The van der Waals surface area contributed by atoms with Gasteiger partial charge in [0.2, 0.25) is 0 Å². The van der Waals surface area contributed by atoms with Crippen molar-refractivity contribution in [3.63, 3.8) is 0 Å². The highest BCUT2D eigenvalue weighted by molar-refractivity contribution is 7.16. The third-order valence-electron chi connectivity index (χ3n) is 0. The molecule has 0 radical (unpaired) electrons. The van der Waals surface area contributed by atoms with Crippen LogP contribution in [0, 0.1) is 0 Å². The minimum atomic E-state index is -1.17. The first kappa shape index (κ1) is 8.89. The van der Waals surface area contributed by atoms with Gasteiger partial charge in [0, 0.05) is 7.11 Å². The highest BCUT2D eigenvalue weighted by atomic mass is 31.1. The first-order chi connectivity index (χ1) is 2.41. The predicted octanol–water partition coefficient (Wildman–Crippen LogP) is -0.474. The van der Waals surface area contributed by atoms with E-state index in [4.69, 9.17) is 14.6 Å². The smallest absolute Gasteiger partial charge is 0.400 e. The van der Waals surface area contributed by atoms with Gasteiger partial charge in [-0.25, -0.2) is 0 Å². The van der Waals surface area contributed by atoms with Gasteiger partial charge in [-0.2, -0.15) is 4.89 Å². The number of rotatable bonds is 0. The summed E-state index contributed by atoms with van der Waals surface area (Å²) < 4.78 is 8.51. The zero-order valence-corrected chi connectivity index (χ0v) is 3.80. The van der Waals surface area contributed by atoms with E-state index >= 15 is 0 Å². The Morgan fingerprint density at radius 1 is 1.60 bits per heavy atom. The lowest BCUT2D eigenvalue weighted by atomic mass is 11.8. The third-order valence-corrected chi connectivity index (χ3v) is 0. The van der Waals surface area contributed by atoms with Crippen LogP contribution in [0.15, 0.2) is 0 Å². The van der Waals surface area contributed by atoms with Crippen LogP contribution in [0.4, 0.5) is 0 Å². The van der Waals surface area contributed by atoms with Crippen molar-refractivity contribution in [2.75, 3.05) is 7.11 Å². The Labute approximate surface area is 31.5 Å². The lowest BCUT2D eigenvalue weighted by Gasteiger charge is -1.21. The van der Waals surface area contributed by atoms with Gasteiger partial charge in [0.05, 0.1) is 0 Å². The van der Waals surface area contributed by atoms with Crippen molar-refractivity contribution in [3.8, 4) is 0 Å². The summed E-state index contributed by atoms with van der Waals surface area (Å²) in [6.45, 7) is 0. The van der Waals surface area contributed by atoms with Crippen molar-refractivity contribution < 1.29 is 14.6 Å². The molecule has 0 rings (SSSR count). The molecule has 0 aliphatic rings. The van der Waals surface area contributed by atoms with E-state index in [9.17, 15) is 0 Å². The Hall–Kier alpha value is 0.0200. The van der Waals surface area contributed by atoms with Crippen molar-refractivity contribution >= 4 is 8.69 Å². The third kappa shape index (κ3) is 41000. The van der Waals surface area contributed by atoms with Crippen molar-refractivity contribution in [3.05, 3.63) is 0 Å². The molecule has 0 bridgehead atoms. The highest BCUT2D eigenvalue weighted by Gasteiger charge is 1.45. The van der Waals surface area contributed by atoms with Crippen molar-refractivity contribution in [2.45, 2.75) is 0 Å². The Balaban J connectivity index is 0. The predicted molar refractivity (Wildman–Crippen MR) is 19.4 cm³/mol. The van der Waals surface area contributed by atoms with Gasteiger partial charge in [0.25, 0.3) is 0 Å². The Morgan fingerprint density at radius 3 is 1.60 bits per heavy atom. The summed E-state index contributed by atoms with van der Waals surface area (Å²) >= 11 is 0. The molecule has 1 atom stereocenters. The standard InChI is InChI=1S/CH4O.HO2P/c1-2;1-3-2/h2H,1H3;3H/p+1. The lowest BCUT2D eigenvalue weighted by Crippen LogP contribution is -1.25. The van der Waals surface area contributed by atoms with Crippen LogP contribution < -0.4 is 0 Å². The maximum absolute atomic E-state index is 8.51. The molecule has 1 unspecified atom stereocenters. The van der Waals surface area contributed by atoms with Crippen LogP contribution in [0.1, 0.15) is 0 Å². The van der Waals surface area contributed by atoms with E-state index in [1.807, 2.05) is 0 Å². The van der Waals surface area contributed by atoms with E-state index in [2.05, 4.69) is 0 Å². The van der Waals surface area contributed by atoms with Crippen LogP contribution in [0.2, 0.25) is 0 Å². The van der Waals surface area contributed by atoms with E-state index in [-0.39, 0.29) is 0 Å². The molecule has 2 N–H and O–H groups in total. The number of aliphatic hydroxyl groups is 1. The van der Waals surface area contributed by atoms with Crippen LogP contribution in [0.5, 0.6) is 0 Å². The van der Waals surface area contributed by atoms with Gasteiger partial charge in [-0.15, -0.1) is 0 Å². The quantitative estimate of drug-likeness (QED) is 0.401. The zero-order chi connectivity index (χ0) is 4.71. The van der Waals surface area contributed by atoms with E-state index in [1.54, 1.807) is 0 Å². The molecule has 0 amide bonds. The summed E-state index contributed by atoms with van der Waals surface area (Å²) in [5, 5.41) is 7.00. The summed E-state index contributed by atoms with van der Waals surface area (Å²) in [4.78, 5) is 7.04. The summed E-state index contributed by atoms with van der Waals surface area (Å²) in [6.07, 6.45) is 0. The SMILES string of the molecule is CO.O=[PH+]O. The monoisotopic (exact) mass is 97.0 g/mol. The Bertz CT molecular complexity index is 14.4. The molecule has 0 aromatic carbocycles. The van der Waals surface area contributed by atoms with Gasteiger partial charge < -0.3 is 5.11 Å². The minimum Gasteiger partial charge on any atom is -0.400 e. The first-order valence-electron chi connectivity index (χ1n) is 0.875. The fraction of sp³-hybridized carbons (Fsp3) is 1.00. The summed E-state index contributed by atoms with van der Waals surface area (Å²) in [7, 11) is -0.167. The Morgan fingerprint density at radius 2 is 1.60 bits per heavy atom. The second-order valence-corrected chi connectivity index (χ2v) is 0.274. The van der Waals surface area contributed by atoms with Gasteiger partial charge >= 0.3 is 8.69 Å². The van der Waals surface area contributed by atoms with Gasteiger partial charge in [-0.3, -0.25) is 0 Å². The largest absolute Gasteiger partial charge is 0.491 e. The molecule has 32 valence electrons. The zero-order valence-electron chi connectivity index (χ0n) is 2.80. The van der Waals surface area contributed by atoms with Crippen LogP contribution in [-0.4, -0.2) is 17.1 Å². The second-order valence-electron chi connectivity index (χ2n) is 0.0913. The van der Waals surface area contributed by atoms with Gasteiger partial charge in [0.15, 0.2) is 0 Å². The molecule has 0 aromatic heterocycles. The molecular weight excluding hydrogens is 91.0 g/mol. The molecule has 0 aromatic rings. The molecule has 0 saturated heterocycles. The summed E-state index contributed by atoms with van der Waals surface area (Å²) in [5.41, 5.74) is 0. The molecule has 4 heteroatoms. The fourth-order valence-corrected chi connectivity index (χ4v) is 0. The van der Waals surface area contributed by atoms with Gasteiger partial charge in [-0.1, -0.05) is 0 Å². The van der Waals surface area contributed by atoms with E-state index in [0.29, 0.717) is 0 Å². The Kier molecular flexibility index (Phi) is 62.7. The van der Waals surface area contributed by atoms with Crippen molar-refractivity contribution in [2.24, 2.45) is 0 Å². The van der Waals surface area contributed by atoms with E-state index in [0.717, 1.165) is 7.11 Å². The van der Waals surface area contributed by atoms with Crippen molar-refractivity contribution in [1.29, 1.82) is 0 Å². The maximum Gasteiger partial charge on any atom is 0.491 e. The molecule has 0 aliphatic heterocycles. The summed E-state index contributed by atoms with van der Waals surface area (Å²) in [6, 6.07) is 0. The second kappa shape index (κ2) is 35.2. The lowest BCUT2D eigenvalue weighted by molar-refractivity contribution is 0.399. The fourth-order valence-electron chi connectivity index (χ4n) is 0. The minimum absolute atomic E-state index is 1.00. The summed E-state index contributed by atoms with van der Waals surface area (Å²) in [5.74, 6) is 0.